The normalized spacial score (nSPS) is 47.4. The van der Waals surface area contributed by atoms with Crippen molar-refractivity contribution in [1.29, 1.82) is 0 Å². The zero-order chi connectivity index (χ0) is 8.67. The topological polar surface area (TPSA) is 33.3 Å². The monoisotopic (exact) mass is 178 g/mol. The summed E-state index contributed by atoms with van der Waals surface area (Å²) < 4.78 is 0. The van der Waals surface area contributed by atoms with Crippen molar-refractivity contribution in [2.24, 2.45) is 11.8 Å². The van der Waals surface area contributed by atoms with E-state index in [1.807, 2.05) is 0 Å². The summed E-state index contributed by atoms with van der Waals surface area (Å²) in [6.07, 6.45) is 8.76. The molecule has 0 aromatic heterocycles. The summed E-state index contributed by atoms with van der Waals surface area (Å²) in [5.41, 5.74) is 3.13. The van der Waals surface area contributed by atoms with Gasteiger partial charge < -0.3 is 10.2 Å². The van der Waals surface area contributed by atoms with E-state index in [9.17, 15) is 0 Å². The Morgan fingerprint density at radius 1 is 1.23 bits per heavy atom. The van der Waals surface area contributed by atoms with Crippen molar-refractivity contribution in [3.8, 4) is 0 Å². The van der Waals surface area contributed by atoms with E-state index < -0.39 is 0 Å². The smallest absolute Gasteiger partial charge is 0.0738 e. The van der Waals surface area contributed by atoms with Crippen molar-refractivity contribution in [2.45, 2.75) is 12.1 Å². The van der Waals surface area contributed by atoms with Gasteiger partial charge >= 0.3 is 0 Å². The Morgan fingerprint density at radius 3 is 3.15 bits per heavy atom. The SMILES string of the molecule is C1=CC2NCC3CONC3C2C=C1. The molecule has 2 fully saturated rings. The molecular formula is C10H14N2O. The maximum atomic E-state index is 5.29. The number of rotatable bonds is 0. The minimum Gasteiger partial charge on any atom is -0.309 e. The molecule has 1 aliphatic carbocycles. The predicted octanol–water partition coefficient (Wildman–Crippen LogP) is 0.220. The van der Waals surface area contributed by atoms with Crippen LogP contribution >= 0.6 is 0 Å². The molecule has 0 amide bonds. The van der Waals surface area contributed by atoms with Crippen molar-refractivity contribution >= 4 is 0 Å². The molecular weight excluding hydrogens is 164 g/mol. The Kier molecular flexibility index (Phi) is 1.75. The molecule has 13 heavy (non-hydrogen) atoms. The van der Waals surface area contributed by atoms with Gasteiger partial charge in [0.2, 0.25) is 0 Å². The molecule has 0 saturated carbocycles. The fourth-order valence-corrected chi connectivity index (χ4v) is 2.49. The third kappa shape index (κ3) is 1.15. The molecule has 4 unspecified atom stereocenters. The molecule has 3 nitrogen and oxygen atoms in total. The van der Waals surface area contributed by atoms with E-state index in [4.69, 9.17) is 4.84 Å². The first-order valence-corrected chi connectivity index (χ1v) is 4.91. The minimum atomic E-state index is 0.500. The van der Waals surface area contributed by atoms with Gasteiger partial charge in [0, 0.05) is 30.5 Å². The lowest BCUT2D eigenvalue weighted by atomic mass is 9.79. The molecule has 2 aliphatic heterocycles. The third-order valence-electron chi connectivity index (χ3n) is 3.23. The largest absolute Gasteiger partial charge is 0.309 e. The van der Waals surface area contributed by atoms with E-state index in [-0.39, 0.29) is 0 Å². The molecule has 3 rings (SSSR count). The molecule has 0 radical (unpaired) electrons. The number of piperidine rings is 1. The second kappa shape index (κ2) is 2.94. The maximum absolute atomic E-state index is 5.29. The van der Waals surface area contributed by atoms with Crippen molar-refractivity contribution in [2.75, 3.05) is 13.2 Å². The summed E-state index contributed by atoms with van der Waals surface area (Å²) in [7, 11) is 0. The molecule has 3 aliphatic rings. The third-order valence-corrected chi connectivity index (χ3v) is 3.23. The highest BCUT2D eigenvalue weighted by molar-refractivity contribution is 5.21. The van der Waals surface area contributed by atoms with Gasteiger partial charge in [0.15, 0.2) is 0 Å². The number of fused-ring (bicyclic) bond motifs is 3. The number of hydrogen-bond donors (Lipinski definition) is 2. The van der Waals surface area contributed by atoms with Gasteiger partial charge in [0.1, 0.15) is 0 Å². The Balaban J connectivity index is 1.86. The molecule has 0 bridgehead atoms. The number of hydrogen-bond acceptors (Lipinski definition) is 3. The Labute approximate surface area is 77.8 Å². The minimum absolute atomic E-state index is 0.500. The van der Waals surface area contributed by atoms with Crippen LogP contribution in [0, 0.1) is 11.8 Å². The lowest BCUT2D eigenvalue weighted by Gasteiger charge is -2.37. The van der Waals surface area contributed by atoms with Crippen LogP contribution in [0.5, 0.6) is 0 Å². The summed E-state index contributed by atoms with van der Waals surface area (Å²) in [5, 5.41) is 3.53. The fourth-order valence-electron chi connectivity index (χ4n) is 2.49. The molecule has 2 saturated heterocycles. The molecule has 70 valence electrons. The Bertz CT molecular complexity index is 262. The summed E-state index contributed by atoms with van der Waals surface area (Å²) >= 11 is 0. The standard InChI is InChI=1S/C10H14N2O/c1-2-4-9-8(3-1)10-7(5-11-9)6-13-12-10/h1-4,7-12H,5-6H2. The van der Waals surface area contributed by atoms with Gasteiger partial charge in [0.05, 0.1) is 6.61 Å². The van der Waals surface area contributed by atoms with Gasteiger partial charge in [0.25, 0.3) is 0 Å². The van der Waals surface area contributed by atoms with Crippen LogP contribution in [0.1, 0.15) is 0 Å². The lowest BCUT2D eigenvalue weighted by molar-refractivity contribution is 0.0802. The second-order valence-corrected chi connectivity index (χ2v) is 4.00. The first-order valence-electron chi connectivity index (χ1n) is 4.91. The zero-order valence-corrected chi connectivity index (χ0v) is 7.44. The van der Waals surface area contributed by atoms with Gasteiger partial charge in [-0.25, -0.2) is 0 Å². The van der Waals surface area contributed by atoms with E-state index in [0.717, 1.165) is 13.2 Å². The van der Waals surface area contributed by atoms with E-state index in [2.05, 4.69) is 35.1 Å². The summed E-state index contributed by atoms with van der Waals surface area (Å²) in [4.78, 5) is 5.29. The average molecular weight is 178 g/mol. The molecule has 0 aromatic carbocycles. The molecule has 4 atom stereocenters. The number of nitrogens with one attached hydrogen (secondary N) is 2. The van der Waals surface area contributed by atoms with Crippen LogP contribution < -0.4 is 10.8 Å². The van der Waals surface area contributed by atoms with Gasteiger partial charge in [-0.2, -0.15) is 5.48 Å². The highest BCUT2D eigenvalue weighted by Crippen LogP contribution is 2.29. The summed E-state index contributed by atoms with van der Waals surface area (Å²) in [6.45, 7) is 1.91. The van der Waals surface area contributed by atoms with Crippen LogP contribution in [0.15, 0.2) is 24.3 Å². The second-order valence-electron chi connectivity index (χ2n) is 4.00. The summed E-state index contributed by atoms with van der Waals surface area (Å²) in [5.74, 6) is 1.20. The molecule has 0 aromatic rings. The van der Waals surface area contributed by atoms with Gasteiger partial charge in [-0.3, -0.25) is 0 Å². The quantitative estimate of drug-likeness (QED) is 0.556. The molecule has 2 N–H and O–H groups in total. The zero-order valence-electron chi connectivity index (χ0n) is 7.44. The fraction of sp³-hybridized carbons (Fsp3) is 0.600. The Hall–Kier alpha value is -0.640. The van der Waals surface area contributed by atoms with Crippen LogP contribution in [-0.4, -0.2) is 25.2 Å². The van der Waals surface area contributed by atoms with Crippen molar-refractivity contribution in [1.82, 2.24) is 10.8 Å². The average Bonchev–Trinajstić information content (AvgIpc) is 2.65. The van der Waals surface area contributed by atoms with Crippen molar-refractivity contribution in [3.63, 3.8) is 0 Å². The van der Waals surface area contributed by atoms with Gasteiger partial charge in [-0.1, -0.05) is 24.3 Å². The highest BCUT2D eigenvalue weighted by Gasteiger charge is 2.40. The van der Waals surface area contributed by atoms with Crippen LogP contribution in [0.3, 0.4) is 0 Å². The van der Waals surface area contributed by atoms with Crippen LogP contribution in [-0.2, 0) is 4.84 Å². The lowest BCUT2D eigenvalue weighted by Crippen LogP contribution is -2.54. The number of hydroxylamine groups is 1. The van der Waals surface area contributed by atoms with Crippen LogP contribution in [0.25, 0.3) is 0 Å². The van der Waals surface area contributed by atoms with E-state index in [1.165, 1.54) is 0 Å². The number of allylic oxidation sites excluding steroid dienone is 2. The van der Waals surface area contributed by atoms with Gasteiger partial charge in [-0.05, 0) is 0 Å². The van der Waals surface area contributed by atoms with Crippen molar-refractivity contribution < 1.29 is 4.84 Å². The molecule has 2 heterocycles. The Morgan fingerprint density at radius 2 is 2.15 bits per heavy atom. The summed E-state index contributed by atoms with van der Waals surface area (Å²) in [6, 6.07) is 1.01. The van der Waals surface area contributed by atoms with E-state index >= 15 is 0 Å². The first kappa shape index (κ1) is 7.74. The van der Waals surface area contributed by atoms with Crippen molar-refractivity contribution in [3.05, 3.63) is 24.3 Å². The van der Waals surface area contributed by atoms with Gasteiger partial charge in [-0.15, -0.1) is 0 Å². The maximum Gasteiger partial charge on any atom is 0.0738 e. The van der Waals surface area contributed by atoms with Crippen LogP contribution in [0.4, 0.5) is 0 Å². The van der Waals surface area contributed by atoms with E-state index in [0.29, 0.717) is 23.9 Å². The first-order chi connectivity index (χ1) is 6.45. The highest BCUT2D eigenvalue weighted by atomic mass is 16.7. The van der Waals surface area contributed by atoms with Crippen LogP contribution in [0.2, 0.25) is 0 Å². The molecule has 0 spiro atoms. The van der Waals surface area contributed by atoms with E-state index in [1.54, 1.807) is 0 Å². The molecule has 3 heteroatoms. The predicted molar refractivity (Wildman–Crippen MR) is 49.9 cm³/mol.